The second-order valence-electron chi connectivity index (χ2n) is 3.30. The van der Waals surface area contributed by atoms with E-state index in [0.717, 1.165) is 18.0 Å². The molecule has 0 aromatic carbocycles. The molecule has 1 aromatic rings. The Labute approximate surface area is 87.1 Å². The van der Waals surface area contributed by atoms with Gasteiger partial charge in [-0.05, 0) is 11.4 Å². The van der Waals surface area contributed by atoms with E-state index in [1.807, 2.05) is 17.5 Å². The molecule has 1 saturated heterocycles. The third kappa shape index (κ3) is 2.41. The number of thiophene rings is 1. The normalized spacial score (nSPS) is 22.1. The van der Waals surface area contributed by atoms with Crippen LogP contribution in [0.4, 0.5) is 0 Å². The highest BCUT2D eigenvalue weighted by Gasteiger charge is 2.18. The maximum absolute atomic E-state index is 11.7. The fourth-order valence-corrected chi connectivity index (χ4v) is 2.17. The maximum Gasteiger partial charge on any atom is 0.175 e. The quantitative estimate of drug-likeness (QED) is 0.766. The first kappa shape index (κ1) is 9.83. The van der Waals surface area contributed by atoms with Crippen LogP contribution in [0, 0.1) is 0 Å². The van der Waals surface area contributed by atoms with E-state index in [2.05, 4.69) is 5.32 Å². The number of nitrogens with one attached hydrogen (secondary N) is 1. The van der Waals surface area contributed by atoms with Gasteiger partial charge in [-0.3, -0.25) is 4.79 Å². The van der Waals surface area contributed by atoms with Crippen molar-refractivity contribution in [3.63, 3.8) is 0 Å². The number of carbonyl (C=O) groups is 1. The van der Waals surface area contributed by atoms with Gasteiger partial charge in [0.25, 0.3) is 0 Å². The van der Waals surface area contributed by atoms with E-state index < -0.39 is 0 Å². The van der Waals surface area contributed by atoms with E-state index in [9.17, 15) is 4.79 Å². The van der Waals surface area contributed by atoms with Crippen LogP contribution in [0.15, 0.2) is 17.5 Å². The average molecular weight is 211 g/mol. The molecule has 1 atom stereocenters. The molecule has 0 bridgehead atoms. The van der Waals surface area contributed by atoms with Gasteiger partial charge in [-0.2, -0.15) is 0 Å². The lowest BCUT2D eigenvalue weighted by Gasteiger charge is -2.22. The summed E-state index contributed by atoms with van der Waals surface area (Å²) in [6, 6.07) is 3.77. The Kier molecular flexibility index (Phi) is 3.29. The van der Waals surface area contributed by atoms with Crippen LogP contribution in [0.25, 0.3) is 0 Å². The van der Waals surface area contributed by atoms with Crippen LogP contribution < -0.4 is 5.32 Å². The summed E-state index contributed by atoms with van der Waals surface area (Å²) in [5.74, 6) is 0.189. The second kappa shape index (κ2) is 4.68. The molecular formula is C10H13NO2S. The van der Waals surface area contributed by atoms with Gasteiger partial charge >= 0.3 is 0 Å². The van der Waals surface area contributed by atoms with Crippen molar-refractivity contribution in [3.05, 3.63) is 22.4 Å². The standard InChI is InChI=1S/C10H13NO2S/c12-9(10-2-1-5-14-10)6-8-7-11-3-4-13-8/h1-2,5,8,11H,3-4,6-7H2. The van der Waals surface area contributed by atoms with Gasteiger partial charge in [0.05, 0.1) is 17.6 Å². The minimum Gasteiger partial charge on any atom is -0.375 e. The highest BCUT2D eigenvalue weighted by molar-refractivity contribution is 7.12. The summed E-state index contributed by atoms with van der Waals surface area (Å²) in [6.07, 6.45) is 0.548. The number of hydrogen-bond acceptors (Lipinski definition) is 4. The monoisotopic (exact) mass is 211 g/mol. The van der Waals surface area contributed by atoms with Gasteiger partial charge in [0.2, 0.25) is 0 Å². The molecule has 14 heavy (non-hydrogen) atoms. The summed E-state index contributed by atoms with van der Waals surface area (Å²) in [5.41, 5.74) is 0. The summed E-state index contributed by atoms with van der Waals surface area (Å²) in [6.45, 7) is 2.39. The van der Waals surface area contributed by atoms with E-state index in [-0.39, 0.29) is 11.9 Å². The molecule has 1 aliphatic heterocycles. The van der Waals surface area contributed by atoms with Crippen LogP contribution in [0.2, 0.25) is 0 Å². The lowest BCUT2D eigenvalue weighted by Crippen LogP contribution is -2.39. The van der Waals surface area contributed by atoms with Crippen molar-refractivity contribution in [1.82, 2.24) is 5.32 Å². The molecule has 0 spiro atoms. The predicted molar refractivity (Wildman–Crippen MR) is 55.9 cm³/mol. The minimum absolute atomic E-state index is 0.0540. The number of Topliss-reactive ketones (excluding diaryl/α,β-unsaturated/α-hetero) is 1. The summed E-state index contributed by atoms with van der Waals surface area (Å²) in [4.78, 5) is 12.5. The minimum atomic E-state index is 0.0540. The first-order valence-electron chi connectivity index (χ1n) is 4.75. The van der Waals surface area contributed by atoms with Crippen molar-refractivity contribution in [2.45, 2.75) is 12.5 Å². The molecule has 1 aliphatic rings. The summed E-state index contributed by atoms with van der Waals surface area (Å²) in [7, 11) is 0. The zero-order valence-electron chi connectivity index (χ0n) is 7.86. The first-order valence-corrected chi connectivity index (χ1v) is 5.63. The maximum atomic E-state index is 11.7. The number of carbonyl (C=O) groups excluding carboxylic acids is 1. The Morgan fingerprint density at radius 3 is 3.29 bits per heavy atom. The van der Waals surface area contributed by atoms with Gasteiger partial charge in [0.15, 0.2) is 5.78 Å². The molecular weight excluding hydrogens is 198 g/mol. The van der Waals surface area contributed by atoms with E-state index >= 15 is 0 Å². The van der Waals surface area contributed by atoms with Gasteiger partial charge in [-0.1, -0.05) is 6.07 Å². The molecule has 1 N–H and O–H groups in total. The van der Waals surface area contributed by atoms with Crippen molar-refractivity contribution < 1.29 is 9.53 Å². The summed E-state index contributed by atoms with van der Waals surface area (Å²) in [5, 5.41) is 5.14. The number of rotatable bonds is 3. The molecule has 0 amide bonds. The third-order valence-corrected chi connectivity index (χ3v) is 3.12. The zero-order valence-corrected chi connectivity index (χ0v) is 8.68. The lowest BCUT2D eigenvalue weighted by atomic mass is 10.1. The van der Waals surface area contributed by atoms with Gasteiger partial charge in [0, 0.05) is 19.5 Å². The van der Waals surface area contributed by atoms with Crippen LogP contribution in [0.3, 0.4) is 0 Å². The molecule has 3 nitrogen and oxygen atoms in total. The van der Waals surface area contributed by atoms with E-state index in [1.54, 1.807) is 0 Å². The van der Waals surface area contributed by atoms with Gasteiger partial charge in [-0.15, -0.1) is 11.3 Å². The van der Waals surface area contributed by atoms with E-state index in [1.165, 1.54) is 11.3 Å². The Bertz CT molecular complexity index is 291. The Balaban J connectivity index is 1.87. The van der Waals surface area contributed by atoms with Crippen molar-refractivity contribution in [3.8, 4) is 0 Å². The van der Waals surface area contributed by atoms with Crippen LogP contribution in [-0.2, 0) is 4.74 Å². The molecule has 0 aliphatic carbocycles. The highest BCUT2D eigenvalue weighted by atomic mass is 32.1. The van der Waals surface area contributed by atoms with Crippen molar-refractivity contribution in [1.29, 1.82) is 0 Å². The van der Waals surface area contributed by atoms with Crippen molar-refractivity contribution in [2.75, 3.05) is 19.7 Å². The molecule has 1 unspecified atom stereocenters. The number of ketones is 1. The summed E-state index contributed by atoms with van der Waals surface area (Å²) >= 11 is 1.49. The zero-order chi connectivity index (χ0) is 9.80. The van der Waals surface area contributed by atoms with E-state index in [4.69, 9.17) is 4.74 Å². The van der Waals surface area contributed by atoms with Gasteiger partial charge in [-0.25, -0.2) is 0 Å². The van der Waals surface area contributed by atoms with E-state index in [0.29, 0.717) is 13.0 Å². The summed E-state index contributed by atoms with van der Waals surface area (Å²) < 4.78 is 5.47. The molecule has 2 heterocycles. The SMILES string of the molecule is O=C(CC1CNCCO1)c1cccs1. The molecule has 0 saturated carbocycles. The fourth-order valence-electron chi connectivity index (χ4n) is 1.50. The average Bonchev–Trinajstić information content (AvgIpc) is 2.72. The third-order valence-electron chi connectivity index (χ3n) is 2.21. The van der Waals surface area contributed by atoms with Crippen LogP contribution in [0.1, 0.15) is 16.1 Å². The molecule has 4 heteroatoms. The molecule has 1 fully saturated rings. The Hall–Kier alpha value is -0.710. The van der Waals surface area contributed by atoms with Crippen molar-refractivity contribution >= 4 is 17.1 Å². The topological polar surface area (TPSA) is 38.3 Å². The molecule has 0 radical (unpaired) electrons. The molecule has 76 valence electrons. The molecule has 2 rings (SSSR count). The van der Waals surface area contributed by atoms with Crippen LogP contribution >= 0.6 is 11.3 Å². The Morgan fingerprint density at radius 2 is 2.64 bits per heavy atom. The highest BCUT2D eigenvalue weighted by Crippen LogP contribution is 2.14. The molecule has 1 aromatic heterocycles. The number of morpholine rings is 1. The van der Waals surface area contributed by atoms with Crippen LogP contribution in [-0.4, -0.2) is 31.6 Å². The van der Waals surface area contributed by atoms with Crippen LogP contribution in [0.5, 0.6) is 0 Å². The Morgan fingerprint density at radius 1 is 1.71 bits per heavy atom. The smallest absolute Gasteiger partial charge is 0.175 e. The second-order valence-corrected chi connectivity index (χ2v) is 4.25. The first-order chi connectivity index (χ1) is 6.86. The number of hydrogen-bond donors (Lipinski definition) is 1. The lowest BCUT2D eigenvalue weighted by molar-refractivity contribution is 0.0241. The van der Waals surface area contributed by atoms with Gasteiger partial charge < -0.3 is 10.1 Å². The van der Waals surface area contributed by atoms with Crippen molar-refractivity contribution in [2.24, 2.45) is 0 Å². The number of ether oxygens (including phenoxy) is 1. The van der Waals surface area contributed by atoms with Gasteiger partial charge in [0.1, 0.15) is 0 Å². The predicted octanol–water partition coefficient (Wildman–Crippen LogP) is 1.31. The fraction of sp³-hybridized carbons (Fsp3) is 0.500. The largest absolute Gasteiger partial charge is 0.375 e.